The first-order valence-electron chi connectivity index (χ1n) is 7.40. The zero-order valence-electron chi connectivity index (χ0n) is 10.9. The predicted molar refractivity (Wildman–Crippen MR) is 68.7 cm³/mol. The van der Waals surface area contributed by atoms with Crippen LogP contribution in [0.1, 0.15) is 32.6 Å². The summed E-state index contributed by atoms with van der Waals surface area (Å²) in [7, 11) is 0. The van der Waals surface area contributed by atoms with E-state index in [1.54, 1.807) is 0 Å². The molecule has 0 aromatic rings. The largest absolute Gasteiger partial charge is 0.377 e. The smallest absolute Gasteiger partial charge is 0.0709 e. The van der Waals surface area contributed by atoms with Crippen LogP contribution in [0.15, 0.2) is 0 Å². The maximum Gasteiger partial charge on any atom is 0.0709 e. The van der Waals surface area contributed by atoms with Crippen LogP contribution in [0.5, 0.6) is 0 Å². The molecule has 5 atom stereocenters. The average Bonchev–Trinajstić information content (AvgIpc) is 2.74. The van der Waals surface area contributed by atoms with Gasteiger partial charge in [-0.05, 0) is 62.8 Å². The SMILES string of the molecule is CCOC(CN)CCNC1C2C3CCC(C3)C12. The van der Waals surface area contributed by atoms with Crippen molar-refractivity contribution in [3.8, 4) is 0 Å². The summed E-state index contributed by atoms with van der Waals surface area (Å²) in [4.78, 5) is 0. The standard InChI is InChI=1S/C14H26N2O/c1-2-17-11(8-15)5-6-16-14-12-9-3-4-10(7-9)13(12)14/h9-14,16H,2-8,15H2,1H3. The lowest BCUT2D eigenvalue weighted by atomic mass is 10.0. The highest BCUT2D eigenvalue weighted by Gasteiger charge is 2.64. The van der Waals surface area contributed by atoms with E-state index in [1.807, 2.05) is 6.92 Å². The zero-order valence-corrected chi connectivity index (χ0v) is 10.9. The van der Waals surface area contributed by atoms with Crippen LogP contribution in [0, 0.1) is 23.7 Å². The van der Waals surface area contributed by atoms with Crippen LogP contribution < -0.4 is 11.1 Å². The number of rotatable bonds is 7. The molecule has 5 unspecified atom stereocenters. The first kappa shape index (κ1) is 11.9. The Morgan fingerprint density at radius 2 is 2.00 bits per heavy atom. The number of hydrogen-bond acceptors (Lipinski definition) is 3. The fourth-order valence-corrected chi connectivity index (χ4v) is 4.51. The van der Waals surface area contributed by atoms with Gasteiger partial charge in [0.05, 0.1) is 6.10 Å². The average molecular weight is 238 g/mol. The van der Waals surface area contributed by atoms with Gasteiger partial charge in [0.2, 0.25) is 0 Å². The Balaban J connectivity index is 1.36. The van der Waals surface area contributed by atoms with Gasteiger partial charge in [0.15, 0.2) is 0 Å². The van der Waals surface area contributed by atoms with Gasteiger partial charge in [-0.2, -0.15) is 0 Å². The minimum atomic E-state index is 0.253. The van der Waals surface area contributed by atoms with Crippen molar-refractivity contribution < 1.29 is 4.74 Å². The Kier molecular flexibility index (Phi) is 3.42. The second-order valence-electron chi connectivity index (χ2n) is 6.07. The number of nitrogens with two attached hydrogens (primary N) is 1. The van der Waals surface area contributed by atoms with Gasteiger partial charge in [-0.15, -0.1) is 0 Å². The van der Waals surface area contributed by atoms with Gasteiger partial charge in [0.25, 0.3) is 0 Å². The molecule has 0 aromatic carbocycles. The second-order valence-corrected chi connectivity index (χ2v) is 6.07. The van der Waals surface area contributed by atoms with E-state index in [1.165, 1.54) is 19.3 Å². The van der Waals surface area contributed by atoms with Crippen molar-refractivity contribution in [3.05, 3.63) is 0 Å². The van der Waals surface area contributed by atoms with Crippen LogP contribution in [0.4, 0.5) is 0 Å². The molecule has 3 heteroatoms. The van der Waals surface area contributed by atoms with E-state index < -0.39 is 0 Å². The first-order valence-corrected chi connectivity index (χ1v) is 7.40. The van der Waals surface area contributed by atoms with E-state index in [-0.39, 0.29) is 6.10 Å². The van der Waals surface area contributed by atoms with Crippen molar-refractivity contribution in [2.75, 3.05) is 19.7 Å². The minimum absolute atomic E-state index is 0.253. The van der Waals surface area contributed by atoms with Gasteiger partial charge in [-0.25, -0.2) is 0 Å². The van der Waals surface area contributed by atoms with Crippen LogP contribution in [0.25, 0.3) is 0 Å². The Morgan fingerprint density at radius 1 is 1.29 bits per heavy atom. The van der Waals surface area contributed by atoms with Crippen LogP contribution in [0.2, 0.25) is 0 Å². The first-order chi connectivity index (χ1) is 8.35. The Morgan fingerprint density at radius 3 is 2.59 bits per heavy atom. The van der Waals surface area contributed by atoms with E-state index in [9.17, 15) is 0 Å². The van der Waals surface area contributed by atoms with Gasteiger partial charge < -0.3 is 15.8 Å². The van der Waals surface area contributed by atoms with Crippen LogP contribution in [-0.4, -0.2) is 31.8 Å². The van der Waals surface area contributed by atoms with E-state index in [4.69, 9.17) is 10.5 Å². The Bertz CT molecular complexity index is 255. The van der Waals surface area contributed by atoms with Gasteiger partial charge in [0, 0.05) is 19.2 Å². The molecular weight excluding hydrogens is 212 g/mol. The summed E-state index contributed by atoms with van der Waals surface area (Å²) in [6.45, 7) is 4.55. The molecule has 3 fully saturated rings. The van der Waals surface area contributed by atoms with Crippen LogP contribution in [-0.2, 0) is 4.74 Å². The zero-order chi connectivity index (χ0) is 11.8. The molecule has 3 nitrogen and oxygen atoms in total. The maximum atomic E-state index is 5.68. The molecule has 3 aliphatic rings. The fraction of sp³-hybridized carbons (Fsp3) is 1.00. The van der Waals surface area contributed by atoms with Crippen molar-refractivity contribution in [1.29, 1.82) is 0 Å². The van der Waals surface area contributed by atoms with E-state index in [0.29, 0.717) is 6.54 Å². The van der Waals surface area contributed by atoms with Gasteiger partial charge in [-0.3, -0.25) is 0 Å². The van der Waals surface area contributed by atoms with Crippen molar-refractivity contribution in [3.63, 3.8) is 0 Å². The molecule has 3 N–H and O–H groups in total. The summed E-state index contributed by atoms with van der Waals surface area (Å²) < 4.78 is 5.58. The molecule has 3 aliphatic carbocycles. The molecule has 0 saturated heterocycles. The highest BCUT2D eigenvalue weighted by Crippen LogP contribution is 2.65. The molecule has 0 radical (unpaired) electrons. The fourth-order valence-electron chi connectivity index (χ4n) is 4.51. The summed E-state index contributed by atoms with van der Waals surface area (Å²) in [6, 6.07) is 0.848. The van der Waals surface area contributed by atoms with Crippen molar-refractivity contribution in [2.24, 2.45) is 29.4 Å². The maximum absolute atomic E-state index is 5.68. The number of hydrogen-bond donors (Lipinski definition) is 2. The summed E-state index contributed by atoms with van der Waals surface area (Å²) in [5.41, 5.74) is 5.68. The second kappa shape index (κ2) is 4.87. The molecule has 98 valence electrons. The monoisotopic (exact) mass is 238 g/mol. The van der Waals surface area contributed by atoms with Gasteiger partial charge in [0.1, 0.15) is 0 Å². The molecular formula is C14H26N2O. The third-order valence-corrected chi connectivity index (χ3v) is 5.25. The Labute approximate surface area is 104 Å². The molecule has 17 heavy (non-hydrogen) atoms. The lowest BCUT2D eigenvalue weighted by Gasteiger charge is -2.16. The third-order valence-electron chi connectivity index (χ3n) is 5.25. The Hall–Kier alpha value is -0.120. The third kappa shape index (κ3) is 2.13. The predicted octanol–water partition coefficient (Wildman–Crippen LogP) is 1.37. The quantitative estimate of drug-likeness (QED) is 0.704. The highest BCUT2D eigenvalue weighted by atomic mass is 16.5. The van der Waals surface area contributed by atoms with E-state index >= 15 is 0 Å². The number of fused-ring (bicyclic) bond motifs is 5. The summed E-state index contributed by atoms with van der Waals surface area (Å²) in [5, 5.41) is 3.75. The van der Waals surface area contributed by atoms with Gasteiger partial charge in [-0.1, -0.05) is 0 Å². The van der Waals surface area contributed by atoms with Crippen molar-refractivity contribution >= 4 is 0 Å². The van der Waals surface area contributed by atoms with E-state index in [0.717, 1.165) is 49.3 Å². The van der Waals surface area contributed by atoms with Crippen molar-refractivity contribution in [2.45, 2.75) is 44.8 Å². The van der Waals surface area contributed by atoms with Gasteiger partial charge >= 0.3 is 0 Å². The van der Waals surface area contributed by atoms with E-state index in [2.05, 4.69) is 5.32 Å². The molecule has 0 spiro atoms. The van der Waals surface area contributed by atoms with Crippen molar-refractivity contribution in [1.82, 2.24) is 5.32 Å². The minimum Gasteiger partial charge on any atom is -0.377 e. The summed E-state index contributed by atoms with van der Waals surface area (Å²) >= 11 is 0. The number of nitrogens with one attached hydrogen (secondary N) is 1. The summed E-state index contributed by atoms with van der Waals surface area (Å²) in [6.07, 6.45) is 5.87. The molecule has 0 amide bonds. The molecule has 0 aliphatic heterocycles. The molecule has 0 aromatic heterocycles. The highest BCUT2D eigenvalue weighted by molar-refractivity contribution is 5.16. The summed E-state index contributed by atoms with van der Waals surface area (Å²) in [5.74, 6) is 4.22. The van der Waals surface area contributed by atoms with Crippen LogP contribution in [0.3, 0.4) is 0 Å². The lowest BCUT2D eigenvalue weighted by Crippen LogP contribution is -2.31. The van der Waals surface area contributed by atoms with Crippen LogP contribution >= 0.6 is 0 Å². The topological polar surface area (TPSA) is 47.3 Å². The normalized spacial score (nSPS) is 43.8. The molecule has 3 saturated carbocycles. The molecule has 2 bridgehead atoms. The number of ether oxygens (including phenoxy) is 1. The molecule has 0 heterocycles. The lowest BCUT2D eigenvalue weighted by molar-refractivity contribution is 0.0629. The molecule has 3 rings (SSSR count).